The molecule has 0 saturated heterocycles. The van der Waals surface area contributed by atoms with Gasteiger partial charge >= 0.3 is 0 Å². The maximum atomic E-state index is 11.5. The van der Waals surface area contributed by atoms with E-state index in [1.54, 1.807) is 29.4 Å². The Balaban J connectivity index is 1.87. The number of nitrogens with zero attached hydrogens (tertiary/aromatic N) is 1. The minimum atomic E-state index is -0.532. The first-order valence-electron chi connectivity index (χ1n) is 7.76. The molecule has 3 aromatic rings. The van der Waals surface area contributed by atoms with Crippen molar-refractivity contribution in [2.45, 2.75) is 9.79 Å². The van der Waals surface area contributed by atoms with Crippen molar-refractivity contribution in [3.63, 3.8) is 0 Å². The van der Waals surface area contributed by atoms with Gasteiger partial charge in [-0.1, -0.05) is 54.2 Å². The van der Waals surface area contributed by atoms with E-state index in [9.17, 15) is 4.79 Å². The first-order chi connectivity index (χ1) is 12.3. The van der Waals surface area contributed by atoms with Crippen LogP contribution in [0.4, 0.5) is 5.69 Å². The summed E-state index contributed by atoms with van der Waals surface area (Å²) in [6.07, 6.45) is 0. The number of amides is 1. The van der Waals surface area contributed by atoms with E-state index in [0.29, 0.717) is 5.56 Å². The van der Waals surface area contributed by atoms with Gasteiger partial charge in [-0.2, -0.15) is 0 Å². The van der Waals surface area contributed by atoms with E-state index in [2.05, 4.69) is 18.2 Å². The third kappa shape index (κ3) is 2.95. The highest BCUT2D eigenvalue weighted by atomic mass is 32.2. The summed E-state index contributed by atoms with van der Waals surface area (Å²) in [5, 5.41) is 8.76. The fourth-order valence-corrected chi connectivity index (χ4v) is 3.77. The van der Waals surface area contributed by atoms with Crippen LogP contribution >= 0.6 is 11.8 Å². The molecule has 0 aromatic heterocycles. The maximum absolute atomic E-state index is 11.5. The van der Waals surface area contributed by atoms with E-state index < -0.39 is 5.91 Å². The molecule has 4 rings (SSSR count). The monoisotopic (exact) mass is 346 g/mol. The molecule has 0 atom stereocenters. The second kappa shape index (κ2) is 6.55. The number of rotatable bonds is 2. The lowest BCUT2D eigenvalue weighted by molar-refractivity contribution is 0.0706. The average Bonchev–Trinajstić information content (AvgIpc) is 2.84. The standard InChI is InChI=1S/C20H14N2O2S/c23-20(22-24)14-11-9-13(10-12-14)19-15-5-1-3-7-17(15)25-18-8-4-2-6-16(18)21-19/h1-12,24H,(H,22,23). The highest BCUT2D eigenvalue weighted by Gasteiger charge is 2.18. The summed E-state index contributed by atoms with van der Waals surface area (Å²) in [5.41, 5.74) is 5.80. The number of carbonyl (C=O) groups excluding carboxylic acids is 1. The average molecular weight is 346 g/mol. The van der Waals surface area contributed by atoms with Gasteiger partial charge in [0.25, 0.3) is 5.91 Å². The largest absolute Gasteiger partial charge is 0.288 e. The molecule has 5 heteroatoms. The number of carbonyl (C=O) groups is 1. The van der Waals surface area contributed by atoms with Crippen molar-refractivity contribution in [3.05, 3.63) is 89.5 Å². The summed E-state index contributed by atoms with van der Waals surface area (Å²) in [6, 6.07) is 23.3. The lowest BCUT2D eigenvalue weighted by Crippen LogP contribution is -2.18. The Hall–Kier alpha value is -2.89. The minimum Gasteiger partial charge on any atom is -0.288 e. The topological polar surface area (TPSA) is 61.7 Å². The summed E-state index contributed by atoms with van der Waals surface area (Å²) in [4.78, 5) is 18.7. The second-order valence-corrected chi connectivity index (χ2v) is 6.63. The highest BCUT2D eigenvalue weighted by molar-refractivity contribution is 7.99. The van der Waals surface area contributed by atoms with Crippen molar-refractivity contribution in [1.29, 1.82) is 0 Å². The number of hydrogen-bond donors (Lipinski definition) is 2. The SMILES string of the molecule is O=C(NO)c1ccc(C2=Nc3ccccc3Sc3ccccc32)cc1. The van der Waals surface area contributed by atoms with Crippen LogP contribution in [-0.2, 0) is 0 Å². The molecule has 0 fully saturated rings. The third-order valence-corrected chi connectivity index (χ3v) is 5.12. The Morgan fingerprint density at radius 1 is 0.880 bits per heavy atom. The summed E-state index contributed by atoms with van der Waals surface area (Å²) in [6.45, 7) is 0. The molecule has 1 amide bonds. The summed E-state index contributed by atoms with van der Waals surface area (Å²) in [7, 11) is 0. The van der Waals surface area contributed by atoms with Gasteiger partial charge in [-0.05, 0) is 30.3 Å². The van der Waals surface area contributed by atoms with Crippen molar-refractivity contribution >= 4 is 29.1 Å². The maximum Gasteiger partial charge on any atom is 0.274 e. The summed E-state index contributed by atoms with van der Waals surface area (Å²) >= 11 is 1.70. The van der Waals surface area contributed by atoms with Crippen LogP contribution in [0.15, 0.2) is 87.6 Å². The molecular formula is C20H14N2O2S. The summed E-state index contributed by atoms with van der Waals surface area (Å²) in [5.74, 6) is -0.532. The Morgan fingerprint density at radius 3 is 2.32 bits per heavy atom. The first-order valence-corrected chi connectivity index (χ1v) is 8.58. The predicted octanol–water partition coefficient (Wildman–Crippen LogP) is 4.44. The number of aliphatic imine (C=N–C) groups is 1. The third-order valence-electron chi connectivity index (χ3n) is 3.98. The van der Waals surface area contributed by atoms with Gasteiger partial charge in [0.1, 0.15) is 0 Å². The van der Waals surface area contributed by atoms with Gasteiger partial charge < -0.3 is 0 Å². The Bertz CT molecular complexity index is 981. The van der Waals surface area contributed by atoms with Crippen molar-refractivity contribution in [2.75, 3.05) is 0 Å². The number of para-hydroxylation sites is 1. The molecular weight excluding hydrogens is 332 g/mol. The normalized spacial score (nSPS) is 12.4. The van der Waals surface area contributed by atoms with Crippen LogP contribution in [-0.4, -0.2) is 16.8 Å². The van der Waals surface area contributed by atoms with E-state index in [-0.39, 0.29) is 0 Å². The second-order valence-electron chi connectivity index (χ2n) is 5.54. The number of hydroxylamine groups is 1. The quantitative estimate of drug-likeness (QED) is 0.417. The van der Waals surface area contributed by atoms with Crippen LogP contribution in [0.2, 0.25) is 0 Å². The molecule has 0 aliphatic carbocycles. The zero-order valence-corrected chi connectivity index (χ0v) is 14.0. The van der Waals surface area contributed by atoms with E-state index in [1.807, 2.05) is 42.5 Å². The molecule has 0 unspecified atom stereocenters. The van der Waals surface area contributed by atoms with Gasteiger partial charge in [0.2, 0.25) is 0 Å². The molecule has 0 bridgehead atoms. The zero-order chi connectivity index (χ0) is 17.2. The molecule has 0 radical (unpaired) electrons. The number of hydrogen-bond acceptors (Lipinski definition) is 4. The molecule has 25 heavy (non-hydrogen) atoms. The van der Waals surface area contributed by atoms with E-state index in [4.69, 9.17) is 10.2 Å². The van der Waals surface area contributed by atoms with Gasteiger partial charge in [0.05, 0.1) is 11.4 Å². The van der Waals surface area contributed by atoms with Gasteiger partial charge in [0, 0.05) is 26.5 Å². The number of nitrogens with one attached hydrogen (secondary N) is 1. The Labute approximate surface area is 149 Å². The number of fused-ring (bicyclic) bond motifs is 2. The van der Waals surface area contributed by atoms with Crippen LogP contribution in [0.3, 0.4) is 0 Å². The molecule has 2 N–H and O–H groups in total. The lowest BCUT2D eigenvalue weighted by Gasteiger charge is -2.09. The van der Waals surface area contributed by atoms with Crippen LogP contribution in [0.1, 0.15) is 21.5 Å². The van der Waals surface area contributed by atoms with Crippen LogP contribution in [0.25, 0.3) is 0 Å². The van der Waals surface area contributed by atoms with E-state index >= 15 is 0 Å². The minimum absolute atomic E-state index is 0.392. The highest BCUT2D eigenvalue weighted by Crippen LogP contribution is 2.40. The van der Waals surface area contributed by atoms with Gasteiger partial charge in [-0.15, -0.1) is 0 Å². The molecule has 4 nitrogen and oxygen atoms in total. The van der Waals surface area contributed by atoms with Crippen LogP contribution in [0, 0.1) is 0 Å². The predicted molar refractivity (Wildman–Crippen MR) is 98.0 cm³/mol. The number of benzene rings is 3. The molecule has 1 aliphatic rings. The molecule has 3 aromatic carbocycles. The van der Waals surface area contributed by atoms with E-state index in [1.165, 1.54) is 0 Å². The van der Waals surface area contributed by atoms with Crippen molar-refractivity contribution in [1.82, 2.24) is 5.48 Å². The zero-order valence-electron chi connectivity index (χ0n) is 13.1. The lowest BCUT2D eigenvalue weighted by atomic mass is 10.0. The van der Waals surface area contributed by atoms with Crippen molar-refractivity contribution in [2.24, 2.45) is 4.99 Å². The van der Waals surface area contributed by atoms with E-state index in [0.717, 1.165) is 32.3 Å². The molecule has 122 valence electrons. The molecule has 1 heterocycles. The Kier molecular flexibility index (Phi) is 4.09. The van der Waals surface area contributed by atoms with Crippen LogP contribution < -0.4 is 5.48 Å². The molecule has 0 spiro atoms. The van der Waals surface area contributed by atoms with Crippen molar-refractivity contribution < 1.29 is 10.0 Å². The smallest absolute Gasteiger partial charge is 0.274 e. The van der Waals surface area contributed by atoms with Gasteiger partial charge in [-0.3, -0.25) is 10.0 Å². The fourth-order valence-electron chi connectivity index (χ4n) is 2.75. The fraction of sp³-hybridized carbons (Fsp3) is 0. The molecule has 1 aliphatic heterocycles. The molecule has 0 saturated carbocycles. The van der Waals surface area contributed by atoms with Crippen molar-refractivity contribution in [3.8, 4) is 0 Å². The van der Waals surface area contributed by atoms with Gasteiger partial charge in [0.15, 0.2) is 0 Å². The van der Waals surface area contributed by atoms with Gasteiger partial charge in [-0.25, -0.2) is 10.5 Å². The summed E-state index contributed by atoms with van der Waals surface area (Å²) < 4.78 is 0. The first kappa shape index (κ1) is 15.6. The Morgan fingerprint density at radius 2 is 1.56 bits per heavy atom. The van der Waals surface area contributed by atoms with Crippen LogP contribution in [0.5, 0.6) is 0 Å².